The summed E-state index contributed by atoms with van der Waals surface area (Å²) in [6.07, 6.45) is 0.461. The van der Waals surface area contributed by atoms with Crippen molar-refractivity contribution in [2.75, 3.05) is 6.79 Å². The summed E-state index contributed by atoms with van der Waals surface area (Å²) in [5.41, 5.74) is 5.63. The van der Waals surface area contributed by atoms with Crippen LogP contribution in [0, 0.1) is 0 Å². The van der Waals surface area contributed by atoms with Crippen LogP contribution in [0.5, 0.6) is 11.5 Å². The third kappa shape index (κ3) is 2.70. The maximum absolute atomic E-state index is 13.5. The van der Waals surface area contributed by atoms with Crippen LogP contribution < -0.4 is 14.8 Å². The maximum Gasteiger partial charge on any atom is 0.255 e. The van der Waals surface area contributed by atoms with E-state index in [-0.39, 0.29) is 24.6 Å². The highest BCUT2D eigenvalue weighted by Crippen LogP contribution is 2.46. The minimum atomic E-state index is -0.606. The van der Waals surface area contributed by atoms with Crippen LogP contribution in [0.3, 0.4) is 0 Å². The fourth-order valence-electron chi connectivity index (χ4n) is 5.50. The third-order valence-electron chi connectivity index (χ3n) is 7.06. The number of rotatable bonds is 3. The van der Waals surface area contributed by atoms with Gasteiger partial charge in [0.15, 0.2) is 11.5 Å². The fourth-order valence-corrected chi connectivity index (χ4v) is 5.50. The summed E-state index contributed by atoms with van der Waals surface area (Å²) in [5.74, 6) is 1.11. The number of hydrogen-bond donors (Lipinski definition) is 2. The van der Waals surface area contributed by atoms with E-state index in [9.17, 15) is 9.59 Å². The highest BCUT2D eigenvalue weighted by molar-refractivity contribution is 6.03. The highest BCUT2D eigenvalue weighted by atomic mass is 16.7. The molecule has 2 N–H and O–H groups in total. The second kappa shape index (κ2) is 7.12. The molecule has 0 bridgehead atoms. The minimum Gasteiger partial charge on any atom is -0.454 e. The molecule has 2 amide bonds. The lowest BCUT2D eigenvalue weighted by Gasteiger charge is -2.37. The Balaban J connectivity index is 1.25. The Labute approximate surface area is 195 Å². The van der Waals surface area contributed by atoms with Crippen LogP contribution in [0.15, 0.2) is 66.7 Å². The summed E-state index contributed by atoms with van der Waals surface area (Å²) in [6, 6.07) is 20.5. The summed E-state index contributed by atoms with van der Waals surface area (Å²) in [5, 5.41) is 4.15. The lowest BCUT2D eigenvalue weighted by atomic mass is 9.90. The van der Waals surface area contributed by atoms with Gasteiger partial charge in [-0.25, -0.2) is 0 Å². The van der Waals surface area contributed by atoms with E-state index in [1.165, 1.54) is 0 Å². The van der Waals surface area contributed by atoms with Gasteiger partial charge in [-0.1, -0.05) is 42.5 Å². The van der Waals surface area contributed by atoms with Crippen molar-refractivity contribution in [3.63, 3.8) is 0 Å². The standard InChI is InChI=1S/C27H21N3O4/c31-26(28-13-15-9-10-22-23(11-15)34-14-33-22)21-12-19-16-5-3-4-8-20(16)29-24(19)25-17-6-1-2-7-18(17)27(32)30(21)25/h1-11,21,25,29H,12-14H2,(H,28,31)/t21-,25?/m0/s1. The van der Waals surface area contributed by atoms with E-state index in [2.05, 4.69) is 16.4 Å². The van der Waals surface area contributed by atoms with E-state index >= 15 is 0 Å². The molecule has 168 valence electrons. The molecule has 3 aromatic carbocycles. The molecule has 0 saturated heterocycles. The average molecular weight is 451 g/mol. The molecule has 1 aromatic heterocycles. The SMILES string of the molecule is O=C(NCc1ccc2c(c1)OCO2)[C@@H]1Cc2c([nH]c3ccccc23)C2c3ccccc3C(=O)N21. The zero-order chi connectivity index (χ0) is 22.8. The van der Waals surface area contributed by atoms with Gasteiger partial charge in [-0.05, 0) is 41.0 Å². The Bertz CT molecular complexity index is 1490. The van der Waals surface area contributed by atoms with Gasteiger partial charge in [0.25, 0.3) is 5.91 Å². The highest BCUT2D eigenvalue weighted by Gasteiger charge is 2.48. The fraction of sp³-hybridized carbons (Fsp3) is 0.185. The van der Waals surface area contributed by atoms with Gasteiger partial charge in [0.05, 0.1) is 6.04 Å². The second-order valence-electron chi connectivity index (χ2n) is 8.89. The topological polar surface area (TPSA) is 83.7 Å². The number of aromatic nitrogens is 1. The summed E-state index contributed by atoms with van der Waals surface area (Å²) >= 11 is 0. The first-order valence-corrected chi connectivity index (χ1v) is 11.4. The van der Waals surface area contributed by atoms with Crippen molar-refractivity contribution >= 4 is 22.7 Å². The first-order valence-electron chi connectivity index (χ1n) is 11.4. The van der Waals surface area contributed by atoms with E-state index < -0.39 is 6.04 Å². The summed E-state index contributed by atoms with van der Waals surface area (Å²) in [6.45, 7) is 0.547. The van der Waals surface area contributed by atoms with Crippen LogP contribution in [-0.4, -0.2) is 34.5 Å². The first kappa shape index (κ1) is 19.2. The van der Waals surface area contributed by atoms with Crippen molar-refractivity contribution in [3.05, 3.63) is 94.7 Å². The Morgan fingerprint density at radius 1 is 1.03 bits per heavy atom. The molecule has 4 aromatic rings. The normalized spacial score (nSPS) is 19.6. The molecule has 7 heteroatoms. The molecule has 34 heavy (non-hydrogen) atoms. The number of para-hydroxylation sites is 1. The van der Waals surface area contributed by atoms with Crippen molar-refractivity contribution in [3.8, 4) is 11.5 Å². The zero-order valence-corrected chi connectivity index (χ0v) is 18.2. The molecular formula is C27H21N3O4. The Kier molecular flexibility index (Phi) is 4.03. The van der Waals surface area contributed by atoms with E-state index in [0.29, 0.717) is 30.0 Å². The van der Waals surface area contributed by atoms with Crippen molar-refractivity contribution in [2.24, 2.45) is 0 Å². The molecule has 0 aliphatic carbocycles. The van der Waals surface area contributed by atoms with Crippen LogP contribution in [0.4, 0.5) is 0 Å². The number of amides is 2. The quantitative estimate of drug-likeness (QED) is 0.498. The average Bonchev–Trinajstić information content (AvgIpc) is 3.56. The Morgan fingerprint density at radius 3 is 2.79 bits per heavy atom. The molecule has 2 atom stereocenters. The number of benzene rings is 3. The maximum atomic E-state index is 13.5. The molecule has 7 nitrogen and oxygen atoms in total. The lowest BCUT2D eigenvalue weighted by Crippen LogP contribution is -2.52. The van der Waals surface area contributed by atoms with E-state index in [0.717, 1.165) is 33.3 Å². The zero-order valence-electron chi connectivity index (χ0n) is 18.2. The summed E-state index contributed by atoms with van der Waals surface area (Å²) < 4.78 is 10.8. The minimum absolute atomic E-state index is 0.104. The number of aromatic amines is 1. The number of nitrogens with one attached hydrogen (secondary N) is 2. The van der Waals surface area contributed by atoms with Crippen molar-refractivity contribution < 1.29 is 19.1 Å². The van der Waals surface area contributed by atoms with Crippen LogP contribution in [0.25, 0.3) is 10.9 Å². The molecule has 0 radical (unpaired) electrons. The van der Waals surface area contributed by atoms with Crippen molar-refractivity contribution in [1.29, 1.82) is 0 Å². The molecule has 0 fully saturated rings. The van der Waals surface area contributed by atoms with Gasteiger partial charge < -0.3 is 24.7 Å². The monoisotopic (exact) mass is 451 g/mol. The van der Waals surface area contributed by atoms with Gasteiger partial charge in [0, 0.05) is 35.1 Å². The third-order valence-corrected chi connectivity index (χ3v) is 7.06. The van der Waals surface area contributed by atoms with Crippen molar-refractivity contribution in [1.82, 2.24) is 15.2 Å². The van der Waals surface area contributed by atoms with Crippen LogP contribution >= 0.6 is 0 Å². The second-order valence-corrected chi connectivity index (χ2v) is 8.89. The van der Waals surface area contributed by atoms with Gasteiger partial charge in [0.2, 0.25) is 12.7 Å². The molecule has 0 spiro atoms. The lowest BCUT2D eigenvalue weighted by molar-refractivity contribution is -0.126. The number of H-pyrrole nitrogens is 1. The largest absolute Gasteiger partial charge is 0.454 e. The molecule has 7 rings (SSSR count). The van der Waals surface area contributed by atoms with E-state index in [4.69, 9.17) is 9.47 Å². The number of fused-ring (bicyclic) bond motifs is 8. The predicted octanol–water partition coefficient (Wildman–Crippen LogP) is 3.68. The van der Waals surface area contributed by atoms with Gasteiger partial charge >= 0.3 is 0 Å². The van der Waals surface area contributed by atoms with E-state index in [1.54, 1.807) is 4.90 Å². The number of carbonyl (C=O) groups excluding carboxylic acids is 2. The van der Waals surface area contributed by atoms with Gasteiger partial charge in [-0.2, -0.15) is 0 Å². The number of nitrogens with zero attached hydrogens (tertiary/aromatic N) is 1. The molecule has 3 aliphatic heterocycles. The van der Waals surface area contributed by atoms with Crippen LogP contribution in [0.2, 0.25) is 0 Å². The van der Waals surface area contributed by atoms with E-state index in [1.807, 2.05) is 60.7 Å². The predicted molar refractivity (Wildman–Crippen MR) is 125 cm³/mol. The van der Waals surface area contributed by atoms with Gasteiger partial charge in [-0.15, -0.1) is 0 Å². The Hall–Kier alpha value is -4.26. The number of carbonyl (C=O) groups is 2. The van der Waals surface area contributed by atoms with Crippen molar-refractivity contribution in [2.45, 2.75) is 25.0 Å². The number of ether oxygens (including phenoxy) is 2. The Morgan fingerprint density at radius 2 is 1.85 bits per heavy atom. The van der Waals surface area contributed by atoms with Crippen LogP contribution in [0.1, 0.15) is 38.8 Å². The van der Waals surface area contributed by atoms with Gasteiger partial charge in [0.1, 0.15) is 6.04 Å². The number of hydrogen-bond acceptors (Lipinski definition) is 4. The summed E-state index contributed by atoms with van der Waals surface area (Å²) in [4.78, 5) is 32.3. The van der Waals surface area contributed by atoms with Crippen LogP contribution in [-0.2, 0) is 17.8 Å². The molecule has 0 saturated carbocycles. The van der Waals surface area contributed by atoms with Gasteiger partial charge in [-0.3, -0.25) is 9.59 Å². The molecule has 3 aliphatic rings. The molecule has 4 heterocycles. The molecular weight excluding hydrogens is 430 g/mol. The molecule has 1 unspecified atom stereocenters. The smallest absolute Gasteiger partial charge is 0.255 e. The summed E-state index contributed by atoms with van der Waals surface area (Å²) in [7, 11) is 0. The first-order chi connectivity index (χ1) is 16.7.